The van der Waals surface area contributed by atoms with Crippen molar-refractivity contribution in [3.63, 3.8) is 0 Å². The Morgan fingerprint density at radius 1 is 0.870 bits per heavy atom. The normalized spacial score (nSPS) is 16.7. The second-order valence-electron chi connectivity index (χ2n) is 6.15. The van der Waals surface area contributed by atoms with Crippen LogP contribution >= 0.6 is 0 Å². The van der Waals surface area contributed by atoms with Crippen molar-refractivity contribution in [1.29, 1.82) is 0 Å². The van der Waals surface area contributed by atoms with E-state index in [1.165, 1.54) is 32.4 Å². The molecule has 1 atom stereocenters. The zero-order valence-electron chi connectivity index (χ0n) is 13.8. The van der Waals surface area contributed by atoms with Gasteiger partial charge in [0.25, 0.3) is 0 Å². The summed E-state index contributed by atoms with van der Waals surface area (Å²) in [5.74, 6) is 2.40. The molecule has 1 saturated heterocycles. The number of rotatable bonds is 6. The monoisotopic (exact) mass is 311 g/mol. The molecular weight excluding hydrogens is 286 g/mol. The first-order valence-electron chi connectivity index (χ1n) is 8.52. The average Bonchev–Trinajstić information content (AvgIpc) is 2.58. The van der Waals surface area contributed by atoms with Gasteiger partial charge in [-0.25, -0.2) is 0 Å². The number of nitrogens with zero attached hydrogens (tertiary/aromatic N) is 1. The molecule has 3 rings (SSSR count). The second-order valence-corrected chi connectivity index (χ2v) is 6.15. The largest absolute Gasteiger partial charge is 0.485 e. The summed E-state index contributed by atoms with van der Waals surface area (Å²) in [7, 11) is 0. The minimum Gasteiger partial charge on any atom is -0.485 e. The number of ether oxygens (including phenoxy) is 2. The lowest BCUT2D eigenvalue weighted by Crippen LogP contribution is -2.37. The number of hydrogen-bond donors (Lipinski definition) is 0. The van der Waals surface area contributed by atoms with Gasteiger partial charge < -0.3 is 9.47 Å². The SMILES string of the molecule is CC(CN1CCCCC1)Oc1ccccc1Oc1ccccc1. The van der Waals surface area contributed by atoms with Crippen molar-refractivity contribution < 1.29 is 9.47 Å². The van der Waals surface area contributed by atoms with E-state index < -0.39 is 0 Å². The molecule has 0 radical (unpaired) electrons. The lowest BCUT2D eigenvalue weighted by Gasteiger charge is -2.29. The highest BCUT2D eigenvalue weighted by Gasteiger charge is 2.16. The second kappa shape index (κ2) is 8.02. The zero-order chi connectivity index (χ0) is 15.9. The third kappa shape index (κ3) is 4.73. The van der Waals surface area contributed by atoms with Gasteiger partial charge in [0, 0.05) is 6.54 Å². The third-order valence-corrected chi connectivity index (χ3v) is 4.11. The van der Waals surface area contributed by atoms with Crippen LogP contribution in [0, 0.1) is 0 Å². The predicted octanol–water partition coefficient (Wildman–Crippen LogP) is 4.73. The topological polar surface area (TPSA) is 21.7 Å². The molecule has 0 aliphatic carbocycles. The van der Waals surface area contributed by atoms with Crippen LogP contribution in [0.4, 0.5) is 0 Å². The van der Waals surface area contributed by atoms with E-state index in [1.54, 1.807) is 0 Å². The minimum atomic E-state index is 0.147. The Labute approximate surface area is 138 Å². The molecule has 1 unspecified atom stereocenters. The molecular formula is C20H25NO2. The van der Waals surface area contributed by atoms with Crippen molar-refractivity contribution in [1.82, 2.24) is 4.90 Å². The number of piperidine rings is 1. The van der Waals surface area contributed by atoms with Crippen LogP contribution in [0.25, 0.3) is 0 Å². The van der Waals surface area contributed by atoms with Crippen molar-refractivity contribution >= 4 is 0 Å². The first kappa shape index (κ1) is 15.9. The fourth-order valence-corrected chi connectivity index (χ4v) is 3.01. The van der Waals surface area contributed by atoms with Gasteiger partial charge in [-0.2, -0.15) is 0 Å². The Morgan fingerprint density at radius 3 is 2.26 bits per heavy atom. The summed E-state index contributed by atoms with van der Waals surface area (Å²) in [5, 5.41) is 0. The summed E-state index contributed by atoms with van der Waals surface area (Å²) in [4.78, 5) is 2.49. The Hall–Kier alpha value is -2.00. The number of likely N-dealkylation sites (tertiary alicyclic amines) is 1. The maximum atomic E-state index is 6.15. The van der Waals surface area contributed by atoms with E-state index in [0.29, 0.717) is 0 Å². The van der Waals surface area contributed by atoms with Crippen LogP contribution in [0.15, 0.2) is 54.6 Å². The van der Waals surface area contributed by atoms with Crippen LogP contribution in [-0.4, -0.2) is 30.6 Å². The fraction of sp³-hybridized carbons (Fsp3) is 0.400. The van der Waals surface area contributed by atoms with Crippen LogP contribution < -0.4 is 9.47 Å². The van der Waals surface area contributed by atoms with Crippen LogP contribution in [0.1, 0.15) is 26.2 Å². The van der Waals surface area contributed by atoms with Gasteiger partial charge in [0.2, 0.25) is 0 Å². The van der Waals surface area contributed by atoms with Crippen molar-refractivity contribution in [2.75, 3.05) is 19.6 Å². The summed E-state index contributed by atoms with van der Waals surface area (Å²) >= 11 is 0. The van der Waals surface area contributed by atoms with E-state index >= 15 is 0 Å². The van der Waals surface area contributed by atoms with Gasteiger partial charge in [-0.3, -0.25) is 4.90 Å². The zero-order valence-corrected chi connectivity index (χ0v) is 13.8. The molecule has 1 heterocycles. The summed E-state index contributed by atoms with van der Waals surface area (Å²) < 4.78 is 12.1. The lowest BCUT2D eigenvalue weighted by atomic mass is 10.1. The quantitative estimate of drug-likeness (QED) is 0.769. The molecule has 1 aliphatic heterocycles. The molecule has 0 N–H and O–H groups in total. The van der Waals surface area contributed by atoms with Crippen molar-refractivity contribution in [3.8, 4) is 17.2 Å². The van der Waals surface area contributed by atoms with E-state index in [1.807, 2.05) is 54.6 Å². The number of para-hydroxylation sites is 3. The van der Waals surface area contributed by atoms with Gasteiger partial charge in [-0.1, -0.05) is 36.8 Å². The molecule has 1 aliphatic rings. The summed E-state index contributed by atoms with van der Waals surface area (Å²) in [5.41, 5.74) is 0. The number of hydrogen-bond acceptors (Lipinski definition) is 3. The molecule has 2 aromatic carbocycles. The van der Waals surface area contributed by atoms with Gasteiger partial charge in [0.1, 0.15) is 11.9 Å². The molecule has 23 heavy (non-hydrogen) atoms. The maximum Gasteiger partial charge on any atom is 0.169 e. The Morgan fingerprint density at radius 2 is 1.52 bits per heavy atom. The molecule has 1 fully saturated rings. The van der Waals surface area contributed by atoms with Crippen molar-refractivity contribution in [2.45, 2.75) is 32.3 Å². The molecule has 0 spiro atoms. The molecule has 0 amide bonds. The maximum absolute atomic E-state index is 6.15. The van der Waals surface area contributed by atoms with Crippen LogP contribution in [0.5, 0.6) is 17.2 Å². The standard InChI is InChI=1S/C20H25NO2/c1-17(16-21-14-8-3-9-15-21)22-19-12-6-7-13-20(19)23-18-10-4-2-5-11-18/h2,4-7,10-13,17H,3,8-9,14-16H2,1H3. The third-order valence-electron chi connectivity index (χ3n) is 4.11. The van der Waals surface area contributed by atoms with Crippen LogP contribution in [0.2, 0.25) is 0 Å². The Bertz CT molecular complexity index is 594. The van der Waals surface area contributed by atoms with Gasteiger partial charge in [0.15, 0.2) is 11.5 Å². The highest BCUT2D eigenvalue weighted by atomic mass is 16.5. The molecule has 2 aromatic rings. The molecule has 0 aromatic heterocycles. The summed E-state index contributed by atoms with van der Waals surface area (Å²) in [6, 6.07) is 17.7. The van der Waals surface area contributed by atoms with Gasteiger partial charge in [0.05, 0.1) is 0 Å². The molecule has 122 valence electrons. The van der Waals surface area contributed by atoms with Crippen LogP contribution in [0.3, 0.4) is 0 Å². The van der Waals surface area contributed by atoms with E-state index in [-0.39, 0.29) is 6.10 Å². The van der Waals surface area contributed by atoms with Gasteiger partial charge >= 0.3 is 0 Å². The first-order valence-corrected chi connectivity index (χ1v) is 8.52. The fourth-order valence-electron chi connectivity index (χ4n) is 3.01. The molecule has 3 nitrogen and oxygen atoms in total. The number of benzene rings is 2. The smallest absolute Gasteiger partial charge is 0.169 e. The van der Waals surface area contributed by atoms with E-state index in [4.69, 9.17) is 9.47 Å². The molecule has 0 bridgehead atoms. The molecule has 0 saturated carbocycles. The highest BCUT2D eigenvalue weighted by Crippen LogP contribution is 2.31. The van der Waals surface area contributed by atoms with Crippen molar-refractivity contribution in [3.05, 3.63) is 54.6 Å². The van der Waals surface area contributed by atoms with E-state index in [9.17, 15) is 0 Å². The van der Waals surface area contributed by atoms with E-state index in [2.05, 4.69) is 11.8 Å². The lowest BCUT2D eigenvalue weighted by molar-refractivity contribution is 0.128. The van der Waals surface area contributed by atoms with Gasteiger partial charge in [-0.15, -0.1) is 0 Å². The van der Waals surface area contributed by atoms with Crippen LogP contribution in [-0.2, 0) is 0 Å². The summed E-state index contributed by atoms with van der Waals surface area (Å²) in [6.07, 6.45) is 4.12. The average molecular weight is 311 g/mol. The first-order chi connectivity index (χ1) is 11.3. The summed E-state index contributed by atoms with van der Waals surface area (Å²) in [6.45, 7) is 5.49. The van der Waals surface area contributed by atoms with Gasteiger partial charge in [-0.05, 0) is 57.1 Å². The predicted molar refractivity (Wildman–Crippen MR) is 93.3 cm³/mol. The highest BCUT2D eigenvalue weighted by molar-refractivity contribution is 5.42. The Kier molecular flexibility index (Phi) is 5.54. The van der Waals surface area contributed by atoms with Crippen molar-refractivity contribution in [2.24, 2.45) is 0 Å². The molecule has 3 heteroatoms. The Balaban J connectivity index is 1.63. The minimum absolute atomic E-state index is 0.147. The van der Waals surface area contributed by atoms with E-state index in [0.717, 1.165) is 23.8 Å².